The zero-order chi connectivity index (χ0) is 13.9. The van der Waals surface area contributed by atoms with Crippen molar-refractivity contribution in [3.8, 4) is 0 Å². The van der Waals surface area contributed by atoms with Gasteiger partial charge < -0.3 is 10.6 Å². The number of nitrogens with one attached hydrogen (secondary N) is 2. The van der Waals surface area contributed by atoms with Crippen LogP contribution in [0.1, 0.15) is 27.7 Å². The van der Waals surface area contributed by atoms with E-state index in [-0.39, 0.29) is 24.4 Å². The second-order valence-corrected chi connectivity index (χ2v) is 6.24. The average molecular weight is 323 g/mol. The maximum Gasteiger partial charge on any atom is 0.251 e. The first-order valence-corrected chi connectivity index (χ1v) is 7.80. The summed E-state index contributed by atoms with van der Waals surface area (Å²) in [6, 6.07) is 10.2. The Morgan fingerprint density at radius 1 is 1.43 bits per heavy atom. The van der Waals surface area contributed by atoms with E-state index >= 15 is 0 Å². The van der Waals surface area contributed by atoms with Crippen molar-refractivity contribution in [2.75, 3.05) is 11.9 Å². The van der Waals surface area contributed by atoms with Crippen molar-refractivity contribution < 1.29 is 4.79 Å². The molecule has 21 heavy (non-hydrogen) atoms. The number of hydrogen-bond acceptors (Lipinski definition) is 3. The number of benzene rings is 1. The highest BCUT2D eigenvalue weighted by Crippen LogP contribution is 2.23. The highest BCUT2D eigenvalue weighted by Gasteiger charge is 2.15. The van der Waals surface area contributed by atoms with Crippen molar-refractivity contribution >= 4 is 35.3 Å². The molecular weight excluding hydrogens is 304 g/mol. The monoisotopic (exact) mass is 322 g/mol. The Bertz CT molecular complexity index is 613. The van der Waals surface area contributed by atoms with Crippen molar-refractivity contribution in [2.45, 2.75) is 25.8 Å². The van der Waals surface area contributed by atoms with Gasteiger partial charge in [-0.05, 0) is 48.6 Å². The van der Waals surface area contributed by atoms with Gasteiger partial charge in [-0.25, -0.2) is 0 Å². The Hall–Kier alpha value is -1.52. The highest BCUT2D eigenvalue weighted by atomic mass is 35.5. The summed E-state index contributed by atoms with van der Waals surface area (Å²) < 4.78 is 0. The number of fused-ring (bicyclic) bond motifs is 1. The number of anilines is 1. The minimum absolute atomic E-state index is 0. The molecule has 1 amide bonds. The molecule has 0 spiro atoms. The van der Waals surface area contributed by atoms with Crippen LogP contribution in [0.2, 0.25) is 0 Å². The van der Waals surface area contributed by atoms with Crippen molar-refractivity contribution in [1.82, 2.24) is 5.32 Å². The first kappa shape index (κ1) is 15.9. The van der Waals surface area contributed by atoms with E-state index in [0.717, 1.165) is 30.6 Å². The predicted molar refractivity (Wildman–Crippen MR) is 90.8 cm³/mol. The van der Waals surface area contributed by atoms with Gasteiger partial charge in [-0.3, -0.25) is 4.79 Å². The molecule has 2 aromatic rings. The second-order valence-electron chi connectivity index (χ2n) is 5.21. The van der Waals surface area contributed by atoms with E-state index in [1.165, 1.54) is 10.4 Å². The van der Waals surface area contributed by atoms with E-state index in [1.54, 1.807) is 11.3 Å². The molecule has 1 aromatic carbocycles. The third-order valence-corrected chi connectivity index (χ3v) is 4.44. The molecule has 2 N–H and O–H groups in total. The summed E-state index contributed by atoms with van der Waals surface area (Å²) >= 11 is 1.73. The molecule has 5 heteroatoms. The topological polar surface area (TPSA) is 41.1 Å². The van der Waals surface area contributed by atoms with Gasteiger partial charge in [0.15, 0.2) is 0 Å². The number of amides is 1. The zero-order valence-corrected chi connectivity index (χ0v) is 13.5. The molecule has 0 bridgehead atoms. The fourth-order valence-corrected chi connectivity index (χ4v) is 3.37. The summed E-state index contributed by atoms with van der Waals surface area (Å²) in [5.74, 6) is 0.0174. The minimum atomic E-state index is 0. The highest BCUT2D eigenvalue weighted by molar-refractivity contribution is 7.09. The van der Waals surface area contributed by atoms with Gasteiger partial charge in [0.1, 0.15) is 0 Å². The molecule has 3 nitrogen and oxygen atoms in total. The molecule has 0 saturated heterocycles. The van der Waals surface area contributed by atoms with Gasteiger partial charge in [0.05, 0.1) is 0 Å². The lowest BCUT2D eigenvalue weighted by molar-refractivity contribution is 0.0940. The molecule has 1 aliphatic rings. The number of carbonyl (C=O) groups excluding carboxylic acids is 1. The van der Waals surface area contributed by atoms with Crippen LogP contribution in [0, 0.1) is 0 Å². The van der Waals surface area contributed by atoms with Crippen LogP contribution in [-0.2, 0) is 12.8 Å². The van der Waals surface area contributed by atoms with Crippen molar-refractivity contribution in [3.05, 3.63) is 51.7 Å². The van der Waals surface area contributed by atoms with Crippen molar-refractivity contribution in [1.29, 1.82) is 0 Å². The third-order valence-electron chi connectivity index (χ3n) is 3.54. The Morgan fingerprint density at radius 3 is 3.05 bits per heavy atom. The SMILES string of the molecule is CC(Cc1cccs1)NC(=O)c1ccc2c(c1)CCN2.Cl. The van der Waals surface area contributed by atoms with Gasteiger partial charge in [0.2, 0.25) is 0 Å². The molecule has 112 valence electrons. The normalized spacial score (nSPS) is 13.8. The predicted octanol–water partition coefficient (Wildman–Crippen LogP) is 3.50. The maximum absolute atomic E-state index is 12.3. The third kappa shape index (κ3) is 3.77. The van der Waals surface area contributed by atoms with Gasteiger partial charge in [0, 0.05) is 35.1 Å². The van der Waals surface area contributed by atoms with Crippen LogP contribution in [0.5, 0.6) is 0 Å². The minimum Gasteiger partial charge on any atom is -0.384 e. The number of carbonyl (C=O) groups is 1. The van der Waals surface area contributed by atoms with E-state index in [4.69, 9.17) is 0 Å². The van der Waals surface area contributed by atoms with E-state index in [2.05, 4.69) is 22.1 Å². The molecule has 2 heterocycles. The molecule has 1 aliphatic heterocycles. The van der Waals surface area contributed by atoms with Crippen molar-refractivity contribution in [3.63, 3.8) is 0 Å². The summed E-state index contributed by atoms with van der Waals surface area (Å²) in [6.07, 6.45) is 1.89. The van der Waals surface area contributed by atoms with Crippen LogP contribution in [-0.4, -0.2) is 18.5 Å². The largest absolute Gasteiger partial charge is 0.384 e. The first-order valence-electron chi connectivity index (χ1n) is 6.92. The van der Waals surface area contributed by atoms with E-state index < -0.39 is 0 Å². The van der Waals surface area contributed by atoms with Gasteiger partial charge in [-0.1, -0.05) is 6.07 Å². The lowest BCUT2D eigenvalue weighted by Crippen LogP contribution is -2.33. The number of rotatable bonds is 4. The molecule has 0 aliphatic carbocycles. The smallest absolute Gasteiger partial charge is 0.251 e. The summed E-state index contributed by atoms with van der Waals surface area (Å²) in [5, 5.41) is 8.45. The standard InChI is InChI=1S/C16H18N2OS.ClH/c1-11(9-14-3-2-8-20-14)18-16(19)13-4-5-15-12(10-13)6-7-17-15;/h2-5,8,10-11,17H,6-7,9H2,1H3,(H,18,19);1H. The van der Waals surface area contributed by atoms with Crippen LogP contribution < -0.4 is 10.6 Å². The van der Waals surface area contributed by atoms with Gasteiger partial charge in [-0.15, -0.1) is 23.7 Å². The van der Waals surface area contributed by atoms with E-state index in [0.29, 0.717) is 0 Å². The van der Waals surface area contributed by atoms with Gasteiger partial charge in [0.25, 0.3) is 5.91 Å². The van der Waals surface area contributed by atoms with Crippen LogP contribution >= 0.6 is 23.7 Å². The molecule has 0 saturated carbocycles. The van der Waals surface area contributed by atoms with Crippen molar-refractivity contribution in [2.24, 2.45) is 0 Å². The number of halogens is 1. The fraction of sp³-hybridized carbons (Fsp3) is 0.312. The van der Waals surface area contributed by atoms with Crippen LogP contribution in [0.15, 0.2) is 35.7 Å². The Balaban J connectivity index is 0.00000161. The Morgan fingerprint density at radius 2 is 2.29 bits per heavy atom. The second kappa shape index (κ2) is 6.96. The van der Waals surface area contributed by atoms with Crippen LogP contribution in [0.4, 0.5) is 5.69 Å². The first-order chi connectivity index (χ1) is 9.72. The Kier molecular flexibility index (Phi) is 5.26. The molecule has 1 atom stereocenters. The van der Waals surface area contributed by atoms with E-state index in [1.807, 2.05) is 31.2 Å². The zero-order valence-electron chi connectivity index (χ0n) is 11.9. The lowest BCUT2D eigenvalue weighted by atomic mass is 10.1. The van der Waals surface area contributed by atoms with Gasteiger partial charge in [-0.2, -0.15) is 0 Å². The van der Waals surface area contributed by atoms with Crippen LogP contribution in [0.3, 0.4) is 0 Å². The maximum atomic E-state index is 12.3. The number of hydrogen-bond donors (Lipinski definition) is 2. The quantitative estimate of drug-likeness (QED) is 0.904. The summed E-state index contributed by atoms with van der Waals surface area (Å²) in [4.78, 5) is 13.6. The summed E-state index contributed by atoms with van der Waals surface area (Å²) in [7, 11) is 0. The Labute approximate surface area is 135 Å². The summed E-state index contributed by atoms with van der Waals surface area (Å²) in [6.45, 7) is 3.02. The number of thiophene rings is 1. The summed E-state index contributed by atoms with van der Waals surface area (Å²) in [5.41, 5.74) is 3.15. The van der Waals surface area contributed by atoms with Crippen LogP contribution in [0.25, 0.3) is 0 Å². The fourth-order valence-electron chi connectivity index (χ4n) is 2.53. The molecular formula is C16H19ClN2OS. The van der Waals surface area contributed by atoms with E-state index in [9.17, 15) is 4.79 Å². The average Bonchev–Trinajstić information content (AvgIpc) is 3.07. The molecule has 3 rings (SSSR count). The molecule has 0 radical (unpaired) electrons. The molecule has 1 aromatic heterocycles. The van der Waals surface area contributed by atoms with Gasteiger partial charge >= 0.3 is 0 Å². The molecule has 1 unspecified atom stereocenters. The molecule has 0 fully saturated rings. The lowest BCUT2D eigenvalue weighted by Gasteiger charge is -2.13.